The second-order valence-corrected chi connectivity index (χ2v) is 8.37. The number of hydrogen-bond donors (Lipinski definition) is 2. The minimum atomic E-state index is 0.130. The van der Waals surface area contributed by atoms with Gasteiger partial charge in [-0.2, -0.15) is 0 Å². The molecule has 4 heteroatoms. The van der Waals surface area contributed by atoms with E-state index in [0.717, 1.165) is 49.5 Å². The number of carbonyl (C=O) groups is 1. The third-order valence-corrected chi connectivity index (χ3v) is 5.94. The van der Waals surface area contributed by atoms with Crippen molar-refractivity contribution in [3.8, 4) is 5.75 Å². The van der Waals surface area contributed by atoms with Crippen molar-refractivity contribution < 1.29 is 9.53 Å². The third-order valence-electron chi connectivity index (χ3n) is 5.94. The molecule has 2 rings (SSSR count). The lowest BCUT2D eigenvalue weighted by atomic mass is 9.79. The average Bonchev–Trinajstić information content (AvgIpc) is 2.69. The van der Waals surface area contributed by atoms with E-state index in [0.29, 0.717) is 6.61 Å². The maximum atomic E-state index is 12.8. The Balaban J connectivity index is 1.95. The van der Waals surface area contributed by atoms with Crippen LogP contribution in [0.1, 0.15) is 84.1 Å². The van der Waals surface area contributed by atoms with Crippen LogP contribution in [0.4, 0.5) is 5.69 Å². The molecule has 0 bridgehead atoms. The van der Waals surface area contributed by atoms with Crippen LogP contribution in [0.25, 0.3) is 0 Å². The summed E-state index contributed by atoms with van der Waals surface area (Å²) >= 11 is 0. The van der Waals surface area contributed by atoms with Crippen LogP contribution in [0.3, 0.4) is 0 Å². The molecule has 0 radical (unpaired) electrons. The van der Waals surface area contributed by atoms with E-state index in [1.807, 2.05) is 19.1 Å². The molecule has 1 saturated carbocycles. The van der Waals surface area contributed by atoms with Crippen LogP contribution in [0, 0.1) is 11.8 Å². The Morgan fingerprint density at radius 2 is 1.93 bits per heavy atom. The summed E-state index contributed by atoms with van der Waals surface area (Å²) in [7, 11) is 0. The van der Waals surface area contributed by atoms with E-state index < -0.39 is 0 Å². The van der Waals surface area contributed by atoms with Crippen LogP contribution in [-0.4, -0.2) is 18.6 Å². The van der Waals surface area contributed by atoms with Crippen molar-refractivity contribution in [2.45, 2.75) is 91.0 Å². The highest BCUT2D eigenvalue weighted by Crippen LogP contribution is 2.34. The maximum Gasteiger partial charge on any atom is 0.227 e. The summed E-state index contributed by atoms with van der Waals surface area (Å²) < 4.78 is 5.81. The summed E-state index contributed by atoms with van der Waals surface area (Å²) in [6.07, 6.45) is 11.2. The third kappa shape index (κ3) is 7.12. The van der Waals surface area contributed by atoms with Gasteiger partial charge in [-0.05, 0) is 69.1 Å². The molecule has 1 aliphatic carbocycles. The second kappa shape index (κ2) is 12.1. The number of hydrogen-bond acceptors (Lipinski definition) is 3. The van der Waals surface area contributed by atoms with Crippen LogP contribution in [0.2, 0.25) is 0 Å². The van der Waals surface area contributed by atoms with Gasteiger partial charge in [0.05, 0.1) is 12.3 Å². The molecule has 1 amide bonds. The molecule has 1 aliphatic rings. The molecule has 0 heterocycles. The van der Waals surface area contributed by atoms with Gasteiger partial charge in [0.25, 0.3) is 0 Å². The Bertz CT molecular complexity index is 594. The molecular formula is C24H40N2O2. The van der Waals surface area contributed by atoms with E-state index in [4.69, 9.17) is 10.5 Å². The number of carbonyl (C=O) groups excluding carboxylic acids is 1. The fourth-order valence-electron chi connectivity index (χ4n) is 4.29. The van der Waals surface area contributed by atoms with Gasteiger partial charge in [-0.3, -0.25) is 4.79 Å². The van der Waals surface area contributed by atoms with Crippen molar-refractivity contribution >= 4 is 11.6 Å². The zero-order chi connectivity index (χ0) is 20.4. The first-order chi connectivity index (χ1) is 13.6. The Morgan fingerprint density at radius 1 is 1.18 bits per heavy atom. The van der Waals surface area contributed by atoms with Crippen LogP contribution in [0.5, 0.6) is 5.75 Å². The second-order valence-electron chi connectivity index (χ2n) is 8.37. The lowest BCUT2D eigenvalue weighted by Gasteiger charge is -2.28. The largest absolute Gasteiger partial charge is 0.492 e. The smallest absolute Gasteiger partial charge is 0.227 e. The number of nitrogens with two attached hydrogens (primary N) is 1. The number of anilines is 1. The van der Waals surface area contributed by atoms with Crippen LogP contribution < -0.4 is 15.8 Å². The van der Waals surface area contributed by atoms with Crippen molar-refractivity contribution in [1.82, 2.24) is 0 Å². The first-order valence-electron chi connectivity index (χ1n) is 11.4. The quantitative estimate of drug-likeness (QED) is 0.512. The average molecular weight is 389 g/mol. The Morgan fingerprint density at radius 3 is 2.57 bits per heavy atom. The van der Waals surface area contributed by atoms with Gasteiger partial charge in [0.15, 0.2) is 0 Å². The number of benzene rings is 1. The van der Waals surface area contributed by atoms with E-state index in [-0.39, 0.29) is 17.9 Å². The van der Waals surface area contributed by atoms with E-state index in [1.54, 1.807) is 0 Å². The molecule has 3 N–H and O–H groups in total. The van der Waals surface area contributed by atoms with Crippen LogP contribution in [0.15, 0.2) is 18.2 Å². The number of ether oxygens (including phenoxy) is 1. The molecule has 1 unspecified atom stereocenters. The monoisotopic (exact) mass is 388 g/mol. The van der Waals surface area contributed by atoms with E-state index in [2.05, 4.69) is 25.2 Å². The molecule has 158 valence electrons. The van der Waals surface area contributed by atoms with Gasteiger partial charge in [-0.15, -0.1) is 0 Å². The van der Waals surface area contributed by atoms with E-state index >= 15 is 0 Å². The van der Waals surface area contributed by atoms with Gasteiger partial charge in [0.1, 0.15) is 5.75 Å². The molecule has 0 aromatic heterocycles. The zero-order valence-corrected chi connectivity index (χ0v) is 18.1. The molecule has 1 aromatic rings. The first kappa shape index (κ1) is 22.7. The molecule has 1 aromatic carbocycles. The van der Waals surface area contributed by atoms with Gasteiger partial charge in [0, 0.05) is 12.0 Å². The number of amides is 1. The number of unbranched alkanes of at least 4 members (excludes halogenated alkanes) is 1. The standard InChI is InChI=1S/C24H40N2O2/c1-4-7-9-18-10-13-20(14-11-18)24(27)26-22-15-12-19(16-21(25)8-5-2)17-23(22)28-6-3/h12,15,17-18,20-21H,4-11,13-14,16,25H2,1-3H3,(H,26,27). The van der Waals surface area contributed by atoms with Gasteiger partial charge in [0.2, 0.25) is 5.91 Å². The van der Waals surface area contributed by atoms with Crippen molar-refractivity contribution in [3.05, 3.63) is 23.8 Å². The predicted octanol–water partition coefficient (Wildman–Crippen LogP) is 5.69. The summed E-state index contributed by atoms with van der Waals surface area (Å²) in [5.74, 6) is 1.85. The molecule has 0 spiro atoms. The number of rotatable bonds is 11. The Labute approximate surface area is 171 Å². The molecule has 28 heavy (non-hydrogen) atoms. The fourth-order valence-corrected chi connectivity index (χ4v) is 4.29. The highest BCUT2D eigenvalue weighted by molar-refractivity contribution is 5.94. The van der Waals surface area contributed by atoms with Gasteiger partial charge < -0.3 is 15.8 Å². The minimum absolute atomic E-state index is 0.130. The molecule has 0 aliphatic heterocycles. The van der Waals surface area contributed by atoms with Gasteiger partial charge in [-0.25, -0.2) is 0 Å². The van der Waals surface area contributed by atoms with Crippen molar-refractivity contribution in [1.29, 1.82) is 0 Å². The van der Waals surface area contributed by atoms with Crippen molar-refractivity contribution in [2.75, 3.05) is 11.9 Å². The normalized spacial score (nSPS) is 20.6. The van der Waals surface area contributed by atoms with Gasteiger partial charge >= 0.3 is 0 Å². The minimum Gasteiger partial charge on any atom is -0.492 e. The SMILES string of the molecule is CCCCC1CCC(C(=O)Nc2ccc(CC(N)CCC)cc2OCC)CC1. The summed E-state index contributed by atoms with van der Waals surface area (Å²) in [5.41, 5.74) is 8.14. The highest BCUT2D eigenvalue weighted by Gasteiger charge is 2.26. The fraction of sp³-hybridized carbons (Fsp3) is 0.708. The van der Waals surface area contributed by atoms with Crippen molar-refractivity contribution in [2.24, 2.45) is 17.6 Å². The molecule has 4 nitrogen and oxygen atoms in total. The topological polar surface area (TPSA) is 64.4 Å². The van der Waals surface area contributed by atoms with Crippen LogP contribution in [-0.2, 0) is 11.2 Å². The first-order valence-corrected chi connectivity index (χ1v) is 11.4. The summed E-state index contributed by atoms with van der Waals surface area (Å²) in [4.78, 5) is 12.8. The Hall–Kier alpha value is -1.55. The molecule has 0 saturated heterocycles. The highest BCUT2D eigenvalue weighted by atomic mass is 16.5. The molecule has 1 fully saturated rings. The lowest BCUT2D eigenvalue weighted by Crippen LogP contribution is -2.27. The van der Waals surface area contributed by atoms with Gasteiger partial charge in [-0.1, -0.05) is 45.6 Å². The summed E-state index contributed by atoms with van der Waals surface area (Å²) in [5, 5.41) is 3.13. The van der Waals surface area contributed by atoms with Crippen molar-refractivity contribution in [3.63, 3.8) is 0 Å². The van der Waals surface area contributed by atoms with E-state index in [1.165, 1.54) is 37.7 Å². The summed E-state index contributed by atoms with van der Waals surface area (Å²) in [6, 6.07) is 6.25. The predicted molar refractivity (Wildman–Crippen MR) is 118 cm³/mol. The zero-order valence-electron chi connectivity index (χ0n) is 18.1. The molecule has 1 atom stereocenters. The summed E-state index contributed by atoms with van der Waals surface area (Å²) in [6.45, 7) is 6.95. The lowest BCUT2D eigenvalue weighted by molar-refractivity contribution is -0.121. The Kier molecular flexibility index (Phi) is 9.83. The van der Waals surface area contributed by atoms with Crippen LogP contribution >= 0.6 is 0 Å². The van der Waals surface area contributed by atoms with E-state index in [9.17, 15) is 4.79 Å². The maximum absolute atomic E-state index is 12.8. The number of nitrogens with one attached hydrogen (secondary N) is 1. The molecular weight excluding hydrogens is 348 g/mol.